The number of hydrogen-bond donors (Lipinski definition) is 1. The molecule has 0 bridgehead atoms. The van der Waals surface area contributed by atoms with Crippen molar-refractivity contribution in [3.63, 3.8) is 0 Å². The van der Waals surface area contributed by atoms with E-state index in [1.54, 1.807) is 0 Å². The van der Waals surface area contributed by atoms with Crippen LogP contribution in [0.25, 0.3) is 0 Å². The molecule has 17 heavy (non-hydrogen) atoms. The number of hydrogen-bond acceptors (Lipinski definition) is 3. The molecule has 0 aliphatic carbocycles. The number of thiophene rings is 1. The highest BCUT2D eigenvalue weighted by Crippen LogP contribution is 2.28. The Morgan fingerprint density at radius 2 is 2.24 bits per heavy atom. The molecule has 1 aliphatic rings. The standard InChI is InChI=1S/C14H23NOS/c1-10(2)14(13-5-4-8-17-13)15-11(3)12-6-7-16-9-12/h4-5,8,10-12,14-15H,6-7,9H2,1-3H3. The first-order chi connectivity index (χ1) is 8.18. The third kappa shape index (κ3) is 3.30. The molecule has 1 fully saturated rings. The summed E-state index contributed by atoms with van der Waals surface area (Å²) in [6.45, 7) is 8.72. The van der Waals surface area contributed by atoms with Crippen LogP contribution in [0.5, 0.6) is 0 Å². The van der Waals surface area contributed by atoms with E-state index in [2.05, 4.69) is 43.6 Å². The lowest BCUT2D eigenvalue weighted by Gasteiger charge is -2.28. The Morgan fingerprint density at radius 1 is 1.41 bits per heavy atom. The van der Waals surface area contributed by atoms with Gasteiger partial charge in [0.2, 0.25) is 0 Å². The fourth-order valence-corrected chi connectivity index (χ4v) is 3.40. The maximum Gasteiger partial charge on any atom is 0.0509 e. The van der Waals surface area contributed by atoms with E-state index in [1.165, 1.54) is 11.3 Å². The third-order valence-corrected chi connectivity index (χ3v) is 4.59. The third-order valence-electron chi connectivity index (χ3n) is 3.63. The summed E-state index contributed by atoms with van der Waals surface area (Å²) in [5.41, 5.74) is 0. The van der Waals surface area contributed by atoms with E-state index in [0.29, 0.717) is 23.9 Å². The fraction of sp³-hybridized carbons (Fsp3) is 0.714. The van der Waals surface area contributed by atoms with Crippen LogP contribution in [0.2, 0.25) is 0 Å². The largest absolute Gasteiger partial charge is 0.381 e. The van der Waals surface area contributed by atoms with Gasteiger partial charge in [-0.05, 0) is 36.6 Å². The van der Waals surface area contributed by atoms with Gasteiger partial charge in [-0.2, -0.15) is 0 Å². The molecule has 96 valence electrons. The van der Waals surface area contributed by atoms with Crippen molar-refractivity contribution in [3.05, 3.63) is 22.4 Å². The number of nitrogens with one attached hydrogen (secondary N) is 1. The average Bonchev–Trinajstić information content (AvgIpc) is 2.97. The summed E-state index contributed by atoms with van der Waals surface area (Å²) < 4.78 is 5.47. The maximum absolute atomic E-state index is 5.47. The van der Waals surface area contributed by atoms with Crippen LogP contribution in [-0.2, 0) is 4.74 Å². The van der Waals surface area contributed by atoms with Crippen molar-refractivity contribution in [1.82, 2.24) is 5.32 Å². The predicted molar refractivity (Wildman–Crippen MR) is 73.4 cm³/mol. The highest BCUT2D eigenvalue weighted by Gasteiger charge is 2.26. The molecule has 0 saturated carbocycles. The van der Waals surface area contributed by atoms with E-state index in [1.807, 2.05) is 11.3 Å². The van der Waals surface area contributed by atoms with Gasteiger partial charge < -0.3 is 10.1 Å². The van der Waals surface area contributed by atoms with Gasteiger partial charge in [0.05, 0.1) is 6.61 Å². The van der Waals surface area contributed by atoms with E-state index in [9.17, 15) is 0 Å². The molecule has 2 heterocycles. The molecule has 3 heteroatoms. The second-order valence-corrected chi connectivity index (χ2v) is 6.30. The molecule has 1 N–H and O–H groups in total. The number of ether oxygens (including phenoxy) is 1. The van der Waals surface area contributed by atoms with Crippen LogP contribution in [0.1, 0.15) is 38.1 Å². The molecule has 2 rings (SSSR count). The van der Waals surface area contributed by atoms with E-state index in [4.69, 9.17) is 4.74 Å². The van der Waals surface area contributed by atoms with Crippen molar-refractivity contribution in [1.29, 1.82) is 0 Å². The topological polar surface area (TPSA) is 21.3 Å². The number of rotatable bonds is 5. The van der Waals surface area contributed by atoms with Crippen molar-refractivity contribution in [2.24, 2.45) is 11.8 Å². The first-order valence-corrected chi connectivity index (χ1v) is 7.43. The summed E-state index contributed by atoms with van der Waals surface area (Å²) in [5.74, 6) is 1.30. The normalized spacial score (nSPS) is 24.1. The molecule has 0 radical (unpaired) electrons. The van der Waals surface area contributed by atoms with Gasteiger partial charge in [0.15, 0.2) is 0 Å². The summed E-state index contributed by atoms with van der Waals surface area (Å²) in [5, 5.41) is 5.95. The minimum Gasteiger partial charge on any atom is -0.381 e. The zero-order valence-electron chi connectivity index (χ0n) is 11.0. The molecule has 1 aromatic heterocycles. The Bertz CT molecular complexity index is 317. The molecule has 0 spiro atoms. The summed E-state index contributed by atoms with van der Waals surface area (Å²) in [7, 11) is 0. The van der Waals surface area contributed by atoms with Gasteiger partial charge in [0.25, 0.3) is 0 Å². The van der Waals surface area contributed by atoms with Gasteiger partial charge in [-0.1, -0.05) is 19.9 Å². The van der Waals surface area contributed by atoms with Crippen LogP contribution in [-0.4, -0.2) is 19.3 Å². The smallest absolute Gasteiger partial charge is 0.0509 e. The van der Waals surface area contributed by atoms with Gasteiger partial charge in [0, 0.05) is 23.6 Å². The van der Waals surface area contributed by atoms with Crippen molar-refractivity contribution in [3.8, 4) is 0 Å². The minimum absolute atomic E-state index is 0.477. The Morgan fingerprint density at radius 3 is 2.76 bits per heavy atom. The van der Waals surface area contributed by atoms with Gasteiger partial charge in [-0.25, -0.2) is 0 Å². The molecule has 1 aliphatic heterocycles. The first kappa shape index (κ1) is 13.1. The first-order valence-electron chi connectivity index (χ1n) is 6.55. The maximum atomic E-state index is 5.47. The zero-order chi connectivity index (χ0) is 12.3. The monoisotopic (exact) mass is 253 g/mol. The van der Waals surface area contributed by atoms with Crippen molar-refractivity contribution >= 4 is 11.3 Å². The van der Waals surface area contributed by atoms with Gasteiger partial charge in [0.1, 0.15) is 0 Å². The highest BCUT2D eigenvalue weighted by atomic mass is 32.1. The quantitative estimate of drug-likeness (QED) is 0.867. The van der Waals surface area contributed by atoms with Crippen molar-refractivity contribution in [2.45, 2.75) is 39.3 Å². The van der Waals surface area contributed by atoms with Crippen LogP contribution in [0.4, 0.5) is 0 Å². The van der Waals surface area contributed by atoms with Gasteiger partial charge >= 0.3 is 0 Å². The second-order valence-electron chi connectivity index (χ2n) is 5.32. The summed E-state index contributed by atoms with van der Waals surface area (Å²) in [4.78, 5) is 1.45. The molecule has 1 aromatic rings. The van der Waals surface area contributed by atoms with E-state index < -0.39 is 0 Å². The van der Waals surface area contributed by atoms with E-state index >= 15 is 0 Å². The van der Waals surface area contributed by atoms with Crippen molar-refractivity contribution in [2.75, 3.05) is 13.2 Å². The lowest BCUT2D eigenvalue weighted by atomic mass is 9.96. The molecule has 0 aromatic carbocycles. The molecular formula is C14H23NOS. The lowest BCUT2D eigenvalue weighted by molar-refractivity contribution is 0.175. The van der Waals surface area contributed by atoms with E-state index in [-0.39, 0.29) is 0 Å². The van der Waals surface area contributed by atoms with Crippen LogP contribution in [0.3, 0.4) is 0 Å². The minimum atomic E-state index is 0.477. The molecule has 2 nitrogen and oxygen atoms in total. The van der Waals surface area contributed by atoms with Crippen LogP contribution < -0.4 is 5.32 Å². The molecule has 1 saturated heterocycles. The molecule has 3 unspecified atom stereocenters. The van der Waals surface area contributed by atoms with Crippen LogP contribution in [0, 0.1) is 11.8 Å². The summed E-state index contributed by atoms with van der Waals surface area (Å²) >= 11 is 1.85. The average molecular weight is 253 g/mol. The lowest BCUT2D eigenvalue weighted by Crippen LogP contribution is -2.38. The fourth-order valence-electron chi connectivity index (χ4n) is 2.44. The Balaban J connectivity index is 1.98. The Labute approximate surface area is 108 Å². The van der Waals surface area contributed by atoms with Crippen molar-refractivity contribution < 1.29 is 4.74 Å². The Kier molecular flexibility index (Phi) is 4.60. The summed E-state index contributed by atoms with van der Waals surface area (Å²) in [6.07, 6.45) is 1.20. The zero-order valence-corrected chi connectivity index (χ0v) is 11.8. The van der Waals surface area contributed by atoms with E-state index in [0.717, 1.165) is 13.2 Å². The predicted octanol–water partition coefficient (Wildman–Crippen LogP) is 3.46. The highest BCUT2D eigenvalue weighted by molar-refractivity contribution is 7.10. The SMILES string of the molecule is CC(C)C(NC(C)C1CCOC1)c1cccs1. The van der Waals surface area contributed by atoms with Gasteiger partial charge in [-0.15, -0.1) is 11.3 Å². The Hall–Kier alpha value is -0.380. The molecule has 3 atom stereocenters. The second kappa shape index (κ2) is 5.98. The molecular weight excluding hydrogens is 230 g/mol. The molecule has 0 amide bonds. The summed E-state index contributed by atoms with van der Waals surface area (Å²) in [6, 6.07) is 5.39. The van der Waals surface area contributed by atoms with Gasteiger partial charge in [-0.3, -0.25) is 0 Å². The van der Waals surface area contributed by atoms with Crippen LogP contribution >= 0.6 is 11.3 Å². The van der Waals surface area contributed by atoms with Crippen LogP contribution in [0.15, 0.2) is 17.5 Å².